The van der Waals surface area contributed by atoms with E-state index in [1.54, 1.807) is 24.1 Å². The molecule has 1 heterocycles. The average Bonchev–Trinajstić information content (AvgIpc) is 2.97. The summed E-state index contributed by atoms with van der Waals surface area (Å²) in [5.41, 5.74) is 2.83. The maximum atomic E-state index is 12.8. The minimum atomic E-state index is -0.0164. The Morgan fingerprint density at radius 3 is 2.67 bits per heavy atom. The summed E-state index contributed by atoms with van der Waals surface area (Å²) in [6.45, 7) is 6.50. The monoisotopic (exact) mass is 327 g/mol. The molecule has 2 rings (SSSR count). The zero-order chi connectivity index (χ0) is 17.7. The van der Waals surface area contributed by atoms with Gasteiger partial charge in [-0.15, -0.1) is 0 Å². The Bertz CT molecular complexity index is 732. The number of aromatic nitrogens is 2. The summed E-state index contributed by atoms with van der Waals surface area (Å²) < 4.78 is 7.12. The quantitative estimate of drug-likeness (QED) is 0.765. The van der Waals surface area contributed by atoms with Gasteiger partial charge in [0, 0.05) is 43.0 Å². The van der Waals surface area contributed by atoms with Gasteiger partial charge in [-0.3, -0.25) is 9.48 Å². The number of nitrogens with zero attached hydrogens (tertiary/aromatic N) is 3. The predicted octanol–water partition coefficient (Wildman–Crippen LogP) is 3.27. The molecular weight excluding hydrogens is 302 g/mol. The van der Waals surface area contributed by atoms with Crippen molar-refractivity contribution >= 4 is 11.5 Å². The Morgan fingerprint density at radius 2 is 2.08 bits per heavy atom. The number of ether oxygens (including phenoxy) is 1. The van der Waals surface area contributed by atoms with E-state index in [9.17, 15) is 4.79 Å². The summed E-state index contributed by atoms with van der Waals surface area (Å²) in [4.78, 5) is 14.6. The molecule has 0 saturated heterocycles. The Kier molecular flexibility index (Phi) is 5.79. The molecule has 0 N–H and O–H groups in total. The van der Waals surface area contributed by atoms with E-state index >= 15 is 0 Å². The second-order valence-corrected chi connectivity index (χ2v) is 6.11. The second kappa shape index (κ2) is 7.81. The molecule has 0 atom stereocenters. The van der Waals surface area contributed by atoms with Crippen LogP contribution < -0.4 is 4.74 Å². The number of rotatable bonds is 6. The van der Waals surface area contributed by atoms with E-state index in [2.05, 4.69) is 5.10 Å². The van der Waals surface area contributed by atoms with Crippen LogP contribution in [0.25, 0.3) is 5.57 Å². The maximum absolute atomic E-state index is 12.8. The van der Waals surface area contributed by atoms with Crippen LogP contribution in [0, 0.1) is 0 Å². The second-order valence-electron chi connectivity index (χ2n) is 6.11. The number of aryl methyl sites for hydroxylation is 1. The SMILES string of the molecule is COc1ccccc1/C(C)=C/C(=O)N(Cc1cnn(C)c1)C(C)C. The van der Waals surface area contributed by atoms with E-state index in [4.69, 9.17) is 4.74 Å². The molecule has 1 aromatic carbocycles. The van der Waals surface area contributed by atoms with Crippen LogP contribution >= 0.6 is 0 Å². The van der Waals surface area contributed by atoms with Gasteiger partial charge in [-0.25, -0.2) is 0 Å². The molecule has 5 nitrogen and oxygen atoms in total. The van der Waals surface area contributed by atoms with E-state index < -0.39 is 0 Å². The van der Waals surface area contributed by atoms with Crippen molar-refractivity contribution in [3.05, 3.63) is 53.9 Å². The van der Waals surface area contributed by atoms with E-state index in [0.717, 1.165) is 22.4 Å². The van der Waals surface area contributed by atoms with Gasteiger partial charge in [-0.1, -0.05) is 18.2 Å². The van der Waals surface area contributed by atoms with E-state index in [-0.39, 0.29) is 11.9 Å². The highest BCUT2D eigenvalue weighted by Crippen LogP contribution is 2.25. The van der Waals surface area contributed by atoms with Crippen LogP contribution in [-0.2, 0) is 18.4 Å². The number of carbonyl (C=O) groups is 1. The normalized spacial score (nSPS) is 11.7. The van der Waals surface area contributed by atoms with Crippen molar-refractivity contribution in [2.24, 2.45) is 7.05 Å². The Labute approximate surface area is 143 Å². The smallest absolute Gasteiger partial charge is 0.247 e. The third-order valence-electron chi connectivity index (χ3n) is 3.89. The van der Waals surface area contributed by atoms with Gasteiger partial charge in [-0.05, 0) is 32.4 Å². The molecule has 2 aromatic rings. The molecule has 24 heavy (non-hydrogen) atoms. The summed E-state index contributed by atoms with van der Waals surface area (Å²) in [5.74, 6) is 0.750. The van der Waals surface area contributed by atoms with Crippen molar-refractivity contribution in [2.75, 3.05) is 7.11 Å². The first-order valence-corrected chi connectivity index (χ1v) is 8.02. The summed E-state index contributed by atoms with van der Waals surface area (Å²) in [7, 11) is 3.51. The van der Waals surface area contributed by atoms with Gasteiger partial charge >= 0.3 is 0 Å². The molecule has 1 amide bonds. The largest absolute Gasteiger partial charge is 0.496 e. The average molecular weight is 327 g/mol. The third kappa shape index (κ3) is 4.25. The molecule has 128 valence electrons. The fourth-order valence-electron chi connectivity index (χ4n) is 2.58. The standard InChI is InChI=1S/C19H25N3O2/c1-14(2)22(13-16-11-20-21(4)12-16)19(23)10-15(3)17-8-6-7-9-18(17)24-5/h6-12,14H,13H2,1-5H3/b15-10+. The van der Waals surface area contributed by atoms with Gasteiger partial charge in [0.05, 0.1) is 13.3 Å². The lowest BCUT2D eigenvalue weighted by molar-refractivity contribution is -0.128. The molecule has 0 aliphatic heterocycles. The van der Waals surface area contributed by atoms with Crippen LogP contribution in [0.1, 0.15) is 31.9 Å². The van der Waals surface area contributed by atoms with E-state index in [1.165, 1.54) is 0 Å². The molecule has 0 saturated carbocycles. The highest BCUT2D eigenvalue weighted by atomic mass is 16.5. The molecule has 0 radical (unpaired) electrons. The molecule has 0 spiro atoms. The molecule has 0 bridgehead atoms. The number of hydrogen-bond acceptors (Lipinski definition) is 3. The van der Waals surface area contributed by atoms with Crippen LogP contribution in [0.5, 0.6) is 5.75 Å². The first kappa shape index (κ1) is 17.8. The van der Waals surface area contributed by atoms with Gasteiger partial charge in [0.2, 0.25) is 5.91 Å². The molecule has 0 aliphatic carbocycles. The fraction of sp³-hybridized carbons (Fsp3) is 0.368. The third-order valence-corrected chi connectivity index (χ3v) is 3.89. The minimum absolute atomic E-state index is 0.0164. The topological polar surface area (TPSA) is 47.4 Å². The highest BCUT2D eigenvalue weighted by molar-refractivity contribution is 5.95. The summed E-state index contributed by atoms with van der Waals surface area (Å²) in [6, 6.07) is 7.81. The minimum Gasteiger partial charge on any atom is -0.496 e. The summed E-state index contributed by atoms with van der Waals surface area (Å²) in [5, 5.41) is 4.17. The molecule has 0 unspecified atom stereocenters. The summed E-state index contributed by atoms with van der Waals surface area (Å²) in [6.07, 6.45) is 5.40. The zero-order valence-electron chi connectivity index (χ0n) is 15.0. The van der Waals surface area contributed by atoms with Crippen LogP contribution in [0.2, 0.25) is 0 Å². The van der Waals surface area contributed by atoms with Crippen LogP contribution in [-0.4, -0.2) is 33.7 Å². The van der Waals surface area contributed by atoms with Gasteiger partial charge < -0.3 is 9.64 Å². The number of carbonyl (C=O) groups excluding carboxylic acids is 1. The first-order chi connectivity index (χ1) is 11.4. The fourth-order valence-corrected chi connectivity index (χ4v) is 2.58. The number of methoxy groups -OCH3 is 1. The number of benzene rings is 1. The number of allylic oxidation sites excluding steroid dienone is 1. The van der Waals surface area contributed by atoms with Crippen molar-refractivity contribution in [1.29, 1.82) is 0 Å². The maximum Gasteiger partial charge on any atom is 0.247 e. The van der Waals surface area contributed by atoms with Crippen molar-refractivity contribution in [1.82, 2.24) is 14.7 Å². The molecular formula is C19H25N3O2. The molecule has 0 fully saturated rings. The number of amides is 1. The lowest BCUT2D eigenvalue weighted by Crippen LogP contribution is -2.35. The van der Waals surface area contributed by atoms with Crippen LogP contribution in [0.4, 0.5) is 0 Å². The van der Waals surface area contributed by atoms with Crippen LogP contribution in [0.3, 0.4) is 0 Å². The molecule has 0 aliphatic rings. The Morgan fingerprint density at radius 1 is 1.38 bits per heavy atom. The lowest BCUT2D eigenvalue weighted by Gasteiger charge is -2.25. The van der Waals surface area contributed by atoms with Crippen molar-refractivity contribution in [3.63, 3.8) is 0 Å². The van der Waals surface area contributed by atoms with Gasteiger partial charge in [0.25, 0.3) is 0 Å². The van der Waals surface area contributed by atoms with Gasteiger partial charge in [0.15, 0.2) is 0 Å². The molecule has 5 heteroatoms. The summed E-state index contributed by atoms with van der Waals surface area (Å²) >= 11 is 0. The lowest BCUT2D eigenvalue weighted by atomic mass is 10.1. The predicted molar refractivity (Wildman–Crippen MR) is 95.5 cm³/mol. The number of para-hydroxylation sites is 1. The van der Waals surface area contributed by atoms with Gasteiger partial charge in [0.1, 0.15) is 5.75 Å². The van der Waals surface area contributed by atoms with Crippen molar-refractivity contribution in [3.8, 4) is 5.75 Å². The van der Waals surface area contributed by atoms with Gasteiger partial charge in [-0.2, -0.15) is 5.10 Å². The molecule has 1 aromatic heterocycles. The van der Waals surface area contributed by atoms with Crippen molar-refractivity contribution < 1.29 is 9.53 Å². The van der Waals surface area contributed by atoms with E-state index in [0.29, 0.717) is 6.54 Å². The highest BCUT2D eigenvalue weighted by Gasteiger charge is 2.17. The Balaban J connectivity index is 2.23. The Hall–Kier alpha value is -2.56. The number of hydrogen-bond donors (Lipinski definition) is 0. The first-order valence-electron chi connectivity index (χ1n) is 8.02. The van der Waals surface area contributed by atoms with E-state index in [1.807, 2.05) is 63.2 Å². The van der Waals surface area contributed by atoms with Crippen LogP contribution in [0.15, 0.2) is 42.7 Å². The zero-order valence-corrected chi connectivity index (χ0v) is 15.0. The van der Waals surface area contributed by atoms with Crippen molar-refractivity contribution in [2.45, 2.75) is 33.4 Å².